The first-order valence-electron chi connectivity index (χ1n) is 8.55. The molecule has 3 aromatic rings. The summed E-state index contributed by atoms with van der Waals surface area (Å²) < 4.78 is 11.7. The van der Waals surface area contributed by atoms with Crippen molar-refractivity contribution in [2.45, 2.75) is 24.9 Å². The third kappa shape index (κ3) is 2.67. The molecule has 2 aromatic carbocycles. The van der Waals surface area contributed by atoms with Gasteiger partial charge >= 0.3 is 0 Å². The van der Waals surface area contributed by atoms with Gasteiger partial charge in [0, 0.05) is 45.6 Å². The fourth-order valence-corrected chi connectivity index (χ4v) is 3.95. The van der Waals surface area contributed by atoms with E-state index in [0.717, 1.165) is 22.0 Å². The Bertz CT molecular complexity index is 981. The normalized spacial score (nSPS) is 21.8. The Morgan fingerprint density at radius 1 is 1.35 bits per heavy atom. The lowest BCUT2D eigenvalue weighted by Gasteiger charge is -2.39. The van der Waals surface area contributed by atoms with Gasteiger partial charge in [-0.2, -0.15) is 0 Å². The van der Waals surface area contributed by atoms with Gasteiger partial charge in [-0.05, 0) is 19.1 Å². The minimum Gasteiger partial charge on any atom is -0.497 e. The van der Waals surface area contributed by atoms with E-state index in [-0.39, 0.29) is 17.4 Å². The predicted molar refractivity (Wildman–Crippen MR) is 98.5 cm³/mol. The Kier molecular flexibility index (Phi) is 3.83. The standard InChI is InChI=1S/C20H20N2O4/c1-20(17-11-21-18-6-4-3-5-16(17)18)10-13(12-22(23)24)15-8-7-14(25-2)9-19(15)26-20/h3-9,11,13,21H,10,12H2,1-2H3/t13-,20-/m1/s1. The van der Waals surface area contributed by atoms with E-state index < -0.39 is 5.60 Å². The Morgan fingerprint density at radius 3 is 2.92 bits per heavy atom. The molecule has 0 amide bonds. The van der Waals surface area contributed by atoms with Crippen molar-refractivity contribution in [2.24, 2.45) is 0 Å². The second kappa shape index (κ2) is 6.05. The molecule has 0 bridgehead atoms. The number of hydrogen-bond donors (Lipinski definition) is 1. The van der Waals surface area contributed by atoms with Gasteiger partial charge in [-0.15, -0.1) is 0 Å². The summed E-state index contributed by atoms with van der Waals surface area (Å²) in [6.07, 6.45) is 2.48. The minimum atomic E-state index is -0.667. The van der Waals surface area contributed by atoms with Gasteiger partial charge < -0.3 is 14.5 Å². The topological polar surface area (TPSA) is 77.4 Å². The molecule has 4 rings (SSSR count). The molecule has 2 atom stereocenters. The van der Waals surface area contributed by atoms with E-state index in [2.05, 4.69) is 4.98 Å². The first kappa shape index (κ1) is 16.4. The highest BCUT2D eigenvalue weighted by Crippen LogP contribution is 2.48. The van der Waals surface area contributed by atoms with Crippen molar-refractivity contribution >= 4 is 10.9 Å². The second-order valence-corrected chi connectivity index (χ2v) is 6.90. The van der Waals surface area contributed by atoms with Gasteiger partial charge in [0.05, 0.1) is 13.0 Å². The van der Waals surface area contributed by atoms with E-state index >= 15 is 0 Å². The maximum atomic E-state index is 11.2. The van der Waals surface area contributed by atoms with Crippen LogP contribution in [0.2, 0.25) is 0 Å². The minimum absolute atomic E-state index is 0.124. The van der Waals surface area contributed by atoms with Gasteiger partial charge in [0.2, 0.25) is 6.54 Å². The lowest BCUT2D eigenvalue weighted by Crippen LogP contribution is -2.37. The van der Waals surface area contributed by atoms with Gasteiger partial charge in [0.1, 0.15) is 17.1 Å². The lowest BCUT2D eigenvalue weighted by atomic mass is 9.79. The van der Waals surface area contributed by atoms with Crippen molar-refractivity contribution in [3.8, 4) is 11.5 Å². The van der Waals surface area contributed by atoms with Crippen LogP contribution in [0.15, 0.2) is 48.7 Å². The number of aromatic amines is 1. The zero-order valence-corrected chi connectivity index (χ0v) is 14.7. The highest BCUT2D eigenvalue weighted by Gasteiger charge is 2.42. The largest absolute Gasteiger partial charge is 0.497 e. The fraction of sp³-hybridized carbons (Fsp3) is 0.300. The Balaban J connectivity index is 1.83. The summed E-state index contributed by atoms with van der Waals surface area (Å²) in [5.74, 6) is 1.10. The molecular formula is C20H20N2O4. The predicted octanol–water partition coefficient (Wildman–Crippen LogP) is 4.23. The maximum absolute atomic E-state index is 11.2. The number of nitro groups is 1. The van der Waals surface area contributed by atoms with E-state index in [9.17, 15) is 10.1 Å². The number of H-pyrrole nitrogens is 1. The van der Waals surface area contributed by atoms with Crippen LogP contribution < -0.4 is 9.47 Å². The number of nitrogens with one attached hydrogen (secondary N) is 1. The second-order valence-electron chi connectivity index (χ2n) is 6.90. The molecule has 1 aliphatic heterocycles. The molecule has 26 heavy (non-hydrogen) atoms. The summed E-state index contributed by atoms with van der Waals surface area (Å²) in [4.78, 5) is 14.3. The number of ether oxygens (including phenoxy) is 2. The molecule has 1 aromatic heterocycles. The molecule has 6 heteroatoms. The Labute approximate surface area is 150 Å². The molecule has 0 saturated heterocycles. The fourth-order valence-electron chi connectivity index (χ4n) is 3.95. The molecule has 0 unspecified atom stereocenters. The molecular weight excluding hydrogens is 332 g/mol. The first-order chi connectivity index (χ1) is 12.5. The van der Waals surface area contributed by atoms with Gasteiger partial charge in [-0.1, -0.05) is 24.3 Å². The zero-order chi connectivity index (χ0) is 18.3. The molecule has 0 radical (unpaired) electrons. The van der Waals surface area contributed by atoms with E-state index in [1.807, 2.05) is 55.6 Å². The average Bonchev–Trinajstić information content (AvgIpc) is 3.05. The Hall–Kier alpha value is -3.02. The van der Waals surface area contributed by atoms with Gasteiger partial charge in [0.15, 0.2) is 0 Å². The SMILES string of the molecule is COc1ccc2c(c1)O[C@@](C)(c1c[nH]c3ccccc13)C[C@@H]2C[N+](=O)[O-]. The van der Waals surface area contributed by atoms with E-state index in [1.54, 1.807) is 7.11 Å². The van der Waals surface area contributed by atoms with Crippen molar-refractivity contribution in [3.05, 3.63) is 69.9 Å². The number of para-hydroxylation sites is 1. The van der Waals surface area contributed by atoms with Crippen LogP contribution in [0.25, 0.3) is 10.9 Å². The Morgan fingerprint density at radius 2 is 2.15 bits per heavy atom. The average molecular weight is 352 g/mol. The molecule has 1 N–H and O–H groups in total. The summed E-state index contributed by atoms with van der Waals surface area (Å²) >= 11 is 0. The third-order valence-electron chi connectivity index (χ3n) is 5.16. The zero-order valence-electron chi connectivity index (χ0n) is 14.7. The molecule has 0 aliphatic carbocycles. The third-order valence-corrected chi connectivity index (χ3v) is 5.16. The number of nitrogens with zero attached hydrogens (tertiary/aromatic N) is 1. The first-order valence-corrected chi connectivity index (χ1v) is 8.55. The van der Waals surface area contributed by atoms with Gasteiger partial charge in [0.25, 0.3) is 0 Å². The molecule has 0 saturated carbocycles. The van der Waals surface area contributed by atoms with Crippen LogP contribution in [0, 0.1) is 10.1 Å². The number of aromatic nitrogens is 1. The summed E-state index contributed by atoms with van der Waals surface area (Å²) in [6.45, 7) is 1.87. The van der Waals surface area contributed by atoms with Crippen LogP contribution in [-0.4, -0.2) is 23.6 Å². The number of methoxy groups -OCH3 is 1. The summed E-state index contributed by atoms with van der Waals surface area (Å²) in [5, 5.41) is 12.3. The van der Waals surface area contributed by atoms with E-state index in [0.29, 0.717) is 17.9 Å². The van der Waals surface area contributed by atoms with Crippen LogP contribution in [0.5, 0.6) is 11.5 Å². The van der Waals surface area contributed by atoms with Crippen LogP contribution in [0.3, 0.4) is 0 Å². The van der Waals surface area contributed by atoms with Gasteiger partial charge in [-0.25, -0.2) is 0 Å². The number of benzene rings is 2. The van der Waals surface area contributed by atoms with Crippen molar-refractivity contribution in [1.82, 2.24) is 4.98 Å². The molecule has 0 fully saturated rings. The van der Waals surface area contributed by atoms with E-state index in [4.69, 9.17) is 9.47 Å². The highest BCUT2D eigenvalue weighted by atomic mass is 16.6. The lowest BCUT2D eigenvalue weighted by molar-refractivity contribution is -0.484. The monoisotopic (exact) mass is 352 g/mol. The van der Waals surface area contributed by atoms with Crippen molar-refractivity contribution in [1.29, 1.82) is 0 Å². The summed E-state index contributed by atoms with van der Waals surface area (Å²) in [6, 6.07) is 13.5. The van der Waals surface area contributed by atoms with Crippen LogP contribution in [-0.2, 0) is 5.60 Å². The molecule has 6 nitrogen and oxygen atoms in total. The van der Waals surface area contributed by atoms with Crippen molar-refractivity contribution in [3.63, 3.8) is 0 Å². The number of fused-ring (bicyclic) bond motifs is 2. The summed E-state index contributed by atoms with van der Waals surface area (Å²) in [5.41, 5.74) is 2.23. The molecule has 0 spiro atoms. The molecule has 1 aliphatic rings. The smallest absolute Gasteiger partial charge is 0.210 e. The van der Waals surface area contributed by atoms with Crippen molar-refractivity contribution in [2.75, 3.05) is 13.7 Å². The van der Waals surface area contributed by atoms with Crippen molar-refractivity contribution < 1.29 is 14.4 Å². The highest BCUT2D eigenvalue weighted by molar-refractivity contribution is 5.84. The van der Waals surface area contributed by atoms with Crippen LogP contribution in [0.4, 0.5) is 0 Å². The molecule has 2 heterocycles. The summed E-state index contributed by atoms with van der Waals surface area (Å²) in [7, 11) is 1.60. The number of rotatable bonds is 4. The van der Waals surface area contributed by atoms with Gasteiger partial charge in [-0.3, -0.25) is 10.1 Å². The van der Waals surface area contributed by atoms with E-state index in [1.165, 1.54) is 0 Å². The quantitative estimate of drug-likeness (QED) is 0.563. The van der Waals surface area contributed by atoms with Crippen LogP contribution >= 0.6 is 0 Å². The van der Waals surface area contributed by atoms with Crippen LogP contribution in [0.1, 0.15) is 30.4 Å². The maximum Gasteiger partial charge on any atom is 0.210 e. The molecule has 134 valence electrons. The number of hydrogen-bond acceptors (Lipinski definition) is 4.